The first-order valence-electron chi connectivity index (χ1n) is 5.64. The number of H-pyrrole nitrogens is 1. The van der Waals surface area contributed by atoms with Crippen LogP contribution >= 0.6 is 0 Å². The number of anilines is 1. The molecule has 1 aliphatic carbocycles. The summed E-state index contributed by atoms with van der Waals surface area (Å²) in [6.45, 7) is 1.02. The van der Waals surface area contributed by atoms with Gasteiger partial charge in [0.25, 0.3) is 5.56 Å². The number of aliphatic hydroxyl groups is 1. The highest BCUT2D eigenvalue weighted by Gasteiger charge is 2.36. The maximum atomic E-state index is 11.6. The van der Waals surface area contributed by atoms with Gasteiger partial charge < -0.3 is 15.4 Å². The largest absolute Gasteiger partial charge is 0.396 e. The van der Waals surface area contributed by atoms with E-state index >= 15 is 0 Å². The van der Waals surface area contributed by atoms with Gasteiger partial charge in [0.1, 0.15) is 5.65 Å². The van der Waals surface area contributed by atoms with Crippen LogP contribution in [0.3, 0.4) is 0 Å². The SMILES string of the molecule is Nc1nc2c(ccn2C[C@H]2C[C@H]2CO)c(=O)[nH]1. The maximum Gasteiger partial charge on any atom is 0.261 e. The first-order valence-corrected chi connectivity index (χ1v) is 5.64. The van der Waals surface area contributed by atoms with E-state index in [-0.39, 0.29) is 18.1 Å². The van der Waals surface area contributed by atoms with Crippen LogP contribution in [0.4, 0.5) is 5.95 Å². The van der Waals surface area contributed by atoms with Gasteiger partial charge in [0, 0.05) is 19.3 Å². The second kappa shape index (κ2) is 3.59. The lowest BCUT2D eigenvalue weighted by Crippen LogP contribution is -2.12. The minimum absolute atomic E-state index is 0.136. The molecule has 0 saturated heterocycles. The zero-order valence-electron chi connectivity index (χ0n) is 9.26. The Morgan fingerprint density at radius 2 is 2.41 bits per heavy atom. The van der Waals surface area contributed by atoms with Gasteiger partial charge in [0.2, 0.25) is 5.95 Å². The minimum Gasteiger partial charge on any atom is -0.396 e. The van der Waals surface area contributed by atoms with Gasteiger partial charge in [-0.2, -0.15) is 4.98 Å². The maximum absolute atomic E-state index is 11.6. The van der Waals surface area contributed by atoms with Crippen molar-refractivity contribution in [1.82, 2.24) is 14.5 Å². The molecule has 0 aliphatic heterocycles. The molecule has 2 heterocycles. The van der Waals surface area contributed by atoms with Crippen LogP contribution in [-0.4, -0.2) is 26.2 Å². The van der Waals surface area contributed by atoms with Gasteiger partial charge in [-0.05, 0) is 24.3 Å². The molecule has 4 N–H and O–H groups in total. The van der Waals surface area contributed by atoms with Crippen LogP contribution in [0.2, 0.25) is 0 Å². The van der Waals surface area contributed by atoms with E-state index in [9.17, 15) is 4.79 Å². The van der Waals surface area contributed by atoms with E-state index in [1.165, 1.54) is 0 Å². The third-order valence-corrected chi connectivity index (χ3v) is 3.38. The van der Waals surface area contributed by atoms with Crippen LogP contribution in [0, 0.1) is 11.8 Å². The molecule has 17 heavy (non-hydrogen) atoms. The molecular weight excluding hydrogens is 220 g/mol. The number of nitrogens with one attached hydrogen (secondary N) is 1. The van der Waals surface area contributed by atoms with Crippen molar-refractivity contribution in [1.29, 1.82) is 0 Å². The predicted molar refractivity (Wildman–Crippen MR) is 63.4 cm³/mol. The first kappa shape index (κ1) is 10.3. The molecule has 6 nitrogen and oxygen atoms in total. The first-order chi connectivity index (χ1) is 8.19. The lowest BCUT2D eigenvalue weighted by molar-refractivity contribution is 0.266. The van der Waals surface area contributed by atoms with Crippen molar-refractivity contribution in [3.8, 4) is 0 Å². The van der Waals surface area contributed by atoms with Gasteiger partial charge in [-0.3, -0.25) is 9.78 Å². The van der Waals surface area contributed by atoms with Gasteiger partial charge in [-0.25, -0.2) is 0 Å². The monoisotopic (exact) mass is 234 g/mol. The summed E-state index contributed by atoms with van der Waals surface area (Å²) >= 11 is 0. The van der Waals surface area contributed by atoms with E-state index in [0.29, 0.717) is 22.9 Å². The Hall–Kier alpha value is -1.82. The Bertz CT molecular complexity index is 615. The Labute approximate surface area is 97.1 Å². The third kappa shape index (κ3) is 1.70. The average molecular weight is 234 g/mol. The Morgan fingerprint density at radius 1 is 1.59 bits per heavy atom. The molecule has 0 aromatic carbocycles. The standard InChI is InChI=1S/C11H14N4O2/c12-11-13-9-8(10(17)14-11)1-2-15(9)4-6-3-7(6)5-16/h1-2,6-7,16H,3-5H2,(H3,12,13,14,17)/t6-,7+/m1/s1. The second-order valence-electron chi connectivity index (χ2n) is 4.59. The van der Waals surface area contributed by atoms with E-state index in [1.54, 1.807) is 6.07 Å². The van der Waals surface area contributed by atoms with Gasteiger partial charge >= 0.3 is 0 Å². The molecule has 0 unspecified atom stereocenters. The van der Waals surface area contributed by atoms with Crippen molar-refractivity contribution >= 4 is 17.0 Å². The number of hydrogen-bond acceptors (Lipinski definition) is 4. The zero-order valence-corrected chi connectivity index (χ0v) is 9.26. The Balaban J connectivity index is 1.98. The fourth-order valence-corrected chi connectivity index (χ4v) is 2.25. The summed E-state index contributed by atoms with van der Waals surface area (Å²) in [5, 5.41) is 9.56. The van der Waals surface area contributed by atoms with Crippen molar-refractivity contribution in [2.45, 2.75) is 13.0 Å². The van der Waals surface area contributed by atoms with E-state index in [4.69, 9.17) is 10.8 Å². The summed E-state index contributed by atoms with van der Waals surface area (Å²) in [5.41, 5.74) is 5.95. The summed E-state index contributed by atoms with van der Waals surface area (Å²) < 4.78 is 1.93. The molecule has 90 valence electrons. The molecule has 6 heteroatoms. The van der Waals surface area contributed by atoms with Gasteiger partial charge in [-0.1, -0.05) is 0 Å². The Kier molecular flexibility index (Phi) is 2.19. The lowest BCUT2D eigenvalue weighted by Gasteiger charge is -2.03. The molecular formula is C11H14N4O2. The molecule has 1 fully saturated rings. The molecule has 0 amide bonds. The molecule has 3 rings (SSSR count). The van der Waals surface area contributed by atoms with Crippen LogP contribution in [0.25, 0.3) is 11.0 Å². The Morgan fingerprint density at radius 3 is 3.12 bits per heavy atom. The molecule has 1 saturated carbocycles. The number of rotatable bonds is 3. The summed E-state index contributed by atoms with van der Waals surface area (Å²) in [7, 11) is 0. The molecule has 0 radical (unpaired) electrons. The number of aliphatic hydroxyl groups excluding tert-OH is 1. The topological polar surface area (TPSA) is 96.9 Å². The normalized spacial score (nSPS) is 23.1. The molecule has 2 aromatic heterocycles. The van der Waals surface area contributed by atoms with Crippen molar-refractivity contribution < 1.29 is 5.11 Å². The number of fused-ring (bicyclic) bond motifs is 1. The summed E-state index contributed by atoms with van der Waals surface area (Å²) in [5.74, 6) is 1.02. The zero-order chi connectivity index (χ0) is 12.0. The number of nitrogens with zero attached hydrogens (tertiary/aromatic N) is 2. The molecule has 0 bridgehead atoms. The van der Waals surface area contributed by atoms with Gasteiger partial charge in [-0.15, -0.1) is 0 Å². The number of nitrogens with two attached hydrogens (primary N) is 1. The van der Waals surface area contributed by atoms with Crippen LogP contribution in [0.1, 0.15) is 6.42 Å². The van der Waals surface area contributed by atoms with Crippen LogP contribution in [0.15, 0.2) is 17.1 Å². The lowest BCUT2D eigenvalue weighted by atomic mass is 10.3. The fraction of sp³-hybridized carbons (Fsp3) is 0.455. The fourth-order valence-electron chi connectivity index (χ4n) is 2.25. The molecule has 2 atom stereocenters. The van der Waals surface area contributed by atoms with E-state index in [0.717, 1.165) is 13.0 Å². The van der Waals surface area contributed by atoms with Gasteiger partial charge in [0.05, 0.1) is 5.39 Å². The summed E-state index contributed by atoms with van der Waals surface area (Å²) in [6, 6.07) is 1.75. The summed E-state index contributed by atoms with van der Waals surface area (Å²) in [4.78, 5) is 18.2. The average Bonchev–Trinajstić information content (AvgIpc) is 2.92. The van der Waals surface area contributed by atoms with E-state index in [1.807, 2.05) is 10.8 Å². The highest BCUT2D eigenvalue weighted by Crippen LogP contribution is 2.39. The minimum atomic E-state index is -0.208. The van der Waals surface area contributed by atoms with E-state index in [2.05, 4.69) is 9.97 Å². The number of nitrogen functional groups attached to an aromatic ring is 1. The molecule has 1 aliphatic rings. The smallest absolute Gasteiger partial charge is 0.261 e. The number of aromatic amines is 1. The van der Waals surface area contributed by atoms with Crippen molar-refractivity contribution in [3.63, 3.8) is 0 Å². The number of hydrogen-bond donors (Lipinski definition) is 3. The van der Waals surface area contributed by atoms with Crippen molar-refractivity contribution in [2.75, 3.05) is 12.3 Å². The molecule has 0 spiro atoms. The quantitative estimate of drug-likeness (QED) is 0.692. The predicted octanol–water partition coefficient (Wildman–Crippen LogP) is -0.0648. The van der Waals surface area contributed by atoms with Crippen molar-refractivity contribution in [2.24, 2.45) is 11.8 Å². The highest BCUT2D eigenvalue weighted by molar-refractivity contribution is 5.75. The van der Waals surface area contributed by atoms with Crippen LogP contribution in [0.5, 0.6) is 0 Å². The third-order valence-electron chi connectivity index (χ3n) is 3.38. The highest BCUT2D eigenvalue weighted by atomic mass is 16.3. The second-order valence-corrected chi connectivity index (χ2v) is 4.59. The van der Waals surface area contributed by atoms with Gasteiger partial charge in [0.15, 0.2) is 0 Å². The number of aromatic nitrogens is 3. The van der Waals surface area contributed by atoms with Crippen LogP contribution in [-0.2, 0) is 6.54 Å². The van der Waals surface area contributed by atoms with Crippen molar-refractivity contribution in [3.05, 3.63) is 22.6 Å². The van der Waals surface area contributed by atoms with Crippen LogP contribution < -0.4 is 11.3 Å². The summed E-state index contributed by atoms with van der Waals surface area (Å²) in [6.07, 6.45) is 2.88. The molecule has 2 aromatic rings. The van der Waals surface area contributed by atoms with E-state index < -0.39 is 0 Å².